The Labute approximate surface area is 228 Å². The summed E-state index contributed by atoms with van der Waals surface area (Å²) in [6.45, 7) is 2.26. The number of benzene rings is 4. The highest BCUT2D eigenvalue weighted by atomic mass is 32.2. The molecule has 4 aromatic carbocycles. The highest BCUT2D eigenvalue weighted by Crippen LogP contribution is 2.30. The normalized spacial score (nSPS) is 11.3. The van der Waals surface area contributed by atoms with Crippen molar-refractivity contribution >= 4 is 40.8 Å². The number of aromatic nitrogens is 1. The van der Waals surface area contributed by atoms with Gasteiger partial charge in [0.05, 0.1) is 12.1 Å². The van der Waals surface area contributed by atoms with E-state index in [1.165, 1.54) is 15.8 Å². The molecular formula is C34H31NO2S. The van der Waals surface area contributed by atoms with E-state index in [9.17, 15) is 4.79 Å². The fraction of sp³-hybridized carbons (Fsp3) is 0.147. The smallest absolute Gasteiger partial charge is 0.306 e. The first-order valence-corrected chi connectivity index (χ1v) is 14.0. The van der Waals surface area contributed by atoms with Crippen LogP contribution in [0, 0.1) is 0 Å². The van der Waals surface area contributed by atoms with Crippen LogP contribution >= 0.6 is 11.8 Å². The first kappa shape index (κ1) is 25.6. The molecule has 0 aliphatic heterocycles. The molecule has 0 radical (unpaired) electrons. The number of esters is 1. The van der Waals surface area contributed by atoms with E-state index in [-0.39, 0.29) is 5.97 Å². The molecular weight excluding hydrogens is 486 g/mol. The lowest BCUT2D eigenvalue weighted by Crippen LogP contribution is -2.05. The molecule has 0 N–H and O–H groups in total. The third kappa shape index (κ3) is 6.45. The first-order chi connectivity index (χ1) is 18.7. The monoisotopic (exact) mass is 517 g/mol. The second-order valence-electron chi connectivity index (χ2n) is 9.12. The van der Waals surface area contributed by atoms with E-state index < -0.39 is 0 Å². The van der Waals surface area contributed by atoms with Crippen LogP contribution in [0.25, 0.3) is 28.7 Å². The van der Waals surface area contributed by atoms with Crippen LogP contribution < -0.4 is 0 Å². The van der Waals surface area contributed by atoms with Crippen molar-refractivity contribution in [2.24, 2.45) is 0 Å². The Morgan fingerprint density at radius 1 is 0.842 bits per heavy atom. The van der Waals surface area contributed by atoms with Gasteiger partial charge in [0.1, 0.15) is 0 Å². The number of aryl methyl sites for hydroxylation is 1. The topological polar surface area (TPSA) is 31.2 Å². The van der Waals surface area contributed by atoms with E-state index in [2.05, 4.69) is 108 Å². The summed E-state index contributed by atoms with van der Waals surface area (Å²) in [5.41, 5.74) is 7.02. The van der Waals surface area contributed by atoms with Gasteiger partial charge in [-0.2, -0.15) is 0 Å². The molecule has 1 heterocycles. The molecule has 3 nitrogen and oxygen atoms in total. The Morgan fingerprint density at radius 2 is 1.58 bits per heavy atom. The lowest BCUT2D eigenvalue weighted by atomic mass is 10.0. The van der Waals surface area contributed by atoms with Crippen LogP contribution in [-0.4, -0.2) is 17.1 Å². The highest BCUT2D eigenvalue weighted by Gasteiger charge is 2.11. The molecule has 0 bridgehead atoms. The van der Waals surface area contributed by atoms with Crippen molar-refractivity contribution in [1.82, 2.24) is 4.57 Å². The van der Waals surface area contributed by atoms with Crippen LogP contribution in [0.5, 0.6) is 0 Å². The Bertz CT molecular complexity index is 1520. The van der Waals surface area contributed by atoms with E-state index in [0.717, 1.165) is 33.6 Å². The van der Waals surface area contributed by atoms with Crippen LogP contribution in [0.15, 0.2) is 114 Å². The van der Waals surface area contributed by atoms with Gasteiger partial charge >= 0.3 is 5.97 Å². The summed E-state index contributed by atoms with van der Waals surface area (Å²) in [6, 6.07) is 36.1. The van der Waals surface area contributed by atoms with Crippen molar-refractivity contribution in [1.29, 1.82) is 0 Å². The summed E-state index contributed by atoms with van der Waals surface area (Å²) in [5.74, 6) is 0.801. The van der Waals surface area contributed by atoms with E-state index in [1.807, 2.05) is 36.9 Å². The second-order valence-corrected chi connectivity index (χ2v) is 10.2. The summed E-state index contributed by atoms with van der Waals surface area (Å²) in [6.07, 6.45) is 7.57. The molecule has 5 rings (SSSR count). The molecule has 0 atom stereocenters. The van der Waals surface area contributed by atoms with Gasteiger partial charge in [-0.25, -0.2) is 0 Å². The minimum atomic E-state index is -0.153. The summed E-state index contributed by atoms with van der Waals surface area (Å²) >= 11 is 1.85. The van der Waals surface area contributed by atoms with Gasteiger partial charge in [-0.05, 0) is 66.4 Å². The van der Waals surface area contributed by atoms with Gasteiger partial charge in [-0.3, -0.25) is 4.79 Å². The van der Waals surface area contributed by atoms with Gasteiger partial charge in [0.25, 0.3) is 0 Å². The molecule has 0 spiro atoms. The van der Waals surface area contributed by atoms with Gasteiger partial charge in [0, 0.05) is 39.9 Å². The number of hydrogen-bond acceptors (Lipinski definition) is 3. The molecule has 0 aliphatic rings. The second kappa shape index (κ2) is 12.5. The zero-order valence-electron chi connectivity index (χ0n) is 21.5. The predicted molar refractivity (Wildman–Crippen MR) is 160 cm³/mol. The molecule has 0 unspecified atom stereocenters. The Balaban J connectivity index is 1.43. The third-order valence-electron chi connectivity index (χ3n) is 6.44. The molecule has 0 saturated carbocycles. The lowest BCUT2D eigenvalue weighted by Gasteiger charge is -2.08. The minimum absolute atomic E-state index is 0.153. The van der Waals surface area contributed by atoms with Crippen molar-refractivity contribution in [3.05, 3.63) is 132 Å². The standard InChI is InChI=1S/C34H31NO2S/c1-2-37-34(36)22-15-27-14-21-33-32(23-27)29(16-13-26-9-5-3-6-10-26)24-35(33)30-17-19-31(20-18-30)38-25-28-11-7-4-8-12-28/h3-14,16-21,23-24H,2,15,22,25H2,1H3. The van der Waals surface area contributed by atoms with Crippen molar-refractivity contribution in [2.45, 2.75) is 30.4 Å². The molecule has 4 heteroatoms. The molecule has 0 aliphatic carbocycles. The van der Waals surface area contributed by atoms with E-state index in [1.54, 1.807) is 0 Å². The summed E-state index contributed by atoms with van der Waals surface area (Å²) in [5, 5.41) is 1.17. The summed E-state index contributed by atoms with van der Waals surface area (Å²) in [7, 11) is 0. The maximum atomic E-state index is 11.9. The number of hydrogen-bond donors (Lipinski definition) is 0. The van der Waals surface area contributed by atoms with E-state index >= 15 is 0 Å². The Hall–Kier alpha value is -4.02. The Morgan fingerprint density at radius 3 is 2.32 bits per heavy atom. The van der Waals surface area contributed by atoms with Crippen LogP contribution in [0.2, 0.25) is 0 Å². The van der Waals surface area contributed by atoms with Crippen LogP contribution in [-0.2, 0) is 21.7 Å². The number of carbonyl (C=O) groups excluding carboxylic acids is 1. The van der Waals surface area contributed by atoms with Crippen molar-refractivity contribution in [3.63, 3.8) is 0 Å². The van der Waals surface area contributed by atoms with Gasteiger partial charge in [0.15, 0.2) is 0 Å². The lowest BCUT2D eigenvalue weighted by molar-refractivity contribution is -0.143. The van der Waals surface area contributed by atoms with Crippen molar-refractivity contribution < 1.29 is 9.53 Å². The van der Waals surface area contributed by atoms with Gasteiger partial charge in [-0.15, -0.1) is 11.8 Å². The van der Waals surface area contributed by atoms with Crippen LogP contribution in [0.1, 0.15) is 35.6 Å². The number of carbonyl (C=O) groups is 1. The maximum absolute atomic E-state index is 11.9. The highest BCUT2D eigenvalue weighted by molar-refractivity contribution is 7.98. The number of ether oxygens (including phenoxy) is 1. The van der Waals surface area contributed by atoms with Crippen molar-refractivity contribution in [2.75, 3.05) is 6.61 Å². The van der Waals surface area contributed by atoms with Gasteiger partial charge in [-0.1, -0.05) is 78.9 Å². The molecule has 5 aromatic rings. The quantitative estimate of drug-likeness (QED) is 0.137. The average molecular weight is 518 g/mol. The van der Waals surface area contributed by atoms with Gasteiger partial charge < -0.3 is 9.30 Å². The maximum Gasteiger partial charge on any atom is 0.306 e. The molecule has 190 valence electrons. The van der Waals surface area contributed by atoms with Crippen LogP contribution in [0.4, 0.5) is 0 Å². The fourth-order valence-electron chi connectivity index (χ4n) is 4.48. The van der Waals surface area contributed by atoms with Gasteiger partial charge in [0.2, 0.25) is 0 Å². The zero-order valence-corrected chi connectivity index (χ0v) is 22.4. The largest absolute Gasteiger partial charge is 0.466 e. The number of thioether (sulfide) groups is 1. The summed E-state index contributed by atoms with van der Waals surface area (Å²) < 4.78 is 7.37. The Kier molecular flexibility index (Phi) is 8.42. The van der Waals surface area contributed by atoms with Crippen LogP contribution in [0.3, 0.4) is 0 Å². The zero-order chi connectivity index (χ0) is 26.2. The number of fused-ring (bicyclic) bond motifs is 1. The number of rotatable bonds is 10. The van der Waals surface area contributed by atoms with Crippen molar-refractivity contribution in [3.8, 4) is 5.69 Å². The molecule has 0 fully saturated rings. The predicted octanol–water partition coefficient (Wildman–Crippen LogP) is 8.59. The molecule has 1 aromatic heterocycles. The van der Waals surface area contributed by atoms with E-state index in [0.29, 0.717) is 19.4 Å². The first-order valence-electron chi connectivity index (χ1n) is 13.0. The SMILES string of the molecule is CCOC(=O)CCc1ccc2c(c1)c(C=Cc1ccccc1)cn2-c1ccc(SCc2ccccc2)cc1. The molecule has 0 amide bonds. The third-order valence-corrected chi connectivity index (χ3v) is 7.52. The average Bonchev–Trinajstić information content (AvgIpc) is 3.33. The summed E-state index contributed by atoms with van der Waals surface area (Å²) in [4.78, 5) is 13.2. The fourth-order valence-corrected chi connectivity index (χ4v) is 5.33. The minimum Gasteiger partial charge on any atom is -0.466 e. The van der Waals surface area contributed by atoms with E-state index in [4.69, 9.17) is 4.74 Å². The molecule has 38 heavy (non-hydrogen) atoms. The number of nitrogens with zero attached hydrogens (tertiary/aromatic N) is 1. The molecule has 0 saturated heterocycles.